The second-order valence-electron chi connectivity index (χ2n) is 4.23. The van der Waals surface area contributed by atoms with Gasteiger partial charge >= 0.3 is 0 Å². The van der Waals surface area contributed by atoms with Gasteiger partial charge in [-0.2, -0.15) is 11.8 Å². The highest BCUT2D eigenvalue weighted by atomic mass is 35.5. The molecule has 0 aliphatic carbocycles. The molecule has 0 spiro atoms. The fraction of sp³-hybridized carbons (Fsp3) is 0.333. The van der Waals surface area contributed by atoms with Crippen LogP contribution in [0.2, 0.25) is 5.02 Å². The van der Waals surface area contributed by atoms with Gasteiger partial charge in [-0.15, -0.1) is 0 Å². The number of hydrogen-bond acceptors (Lipinski definition) is 4. The molecule has 1 aromatic heterocycles. The summed E-state index contributed by atoms with van der Waals surface area (Å²) < 4.78 is 11.3. The third-order valence-corrected chi connectivity index (χ3v) is 3.51. The second-order valence-corrected chi connectivity index (χ2v) is 5.53. The lowest BCUT2D eigenvalue weighted by molar-refractivity contribution is 0.341. The first-order valence-electron chi connectivity index (χ1n) is 6.45. The van der Waals surface area contributed by atoms with E-state index in [9.17, 15) is 0 Å². The zero-order valence-corrected chi connectivity index (χ0v) is 13.2. The molecular formula is C15H18ClNO2S. The van der Waals surface area contributed by atoms with Crippen LogP contribution < -0.4 is 10.1 Å². The Kier molecular flexibility index (Phi) is 5.68. The third kappa shape index (κ3) is 4.12. The van der Waals surface area contributed by atoms with Crippen molar-refractivity contribution in [2.24, 2.45) is 0 Å². The molecular weight excluding hydrogens is 294 g/mol. The SMILES string of the molecule is CCOc1ccc(Cl)cc1NCc1ccc(CSC)o1. The average molecular weight is 312 g/mol. The molecule has 1 N–H and O–H groups in total. The highest BCUT2D eigenvalue weighted by Gasteiger charge is 2.06. The summed E-state index contributed by atoms with van der Waals surface area (Å²) in [4.78, 5) is 0. The van der Waals surface area contributed by atoms with Crippen LogP contribution in [0.25, 0.3) is 0 Å². The van der Waals surface area contributed by atoms with Gasteiger partial charge in [0.05, 0.1) is 24.6 Å². The summed E-state index contributed by atoms with van der Waals surface area (Å²) in [5.74, 6) is 3.58. The topological polar surface area (TPSA) is 34.4 Å². The Labute approximate surface area is 128 Å². The summed E-state index contributed by atoms with van der Waals surface area (Å²) in [6.07, 6.45) is 2.06. The fourth-order valence-electron chi connectivity index (χ4n) is 1.84. The van der Waals surface area contributed by atoms with Gasteiger partial charge in [0.15, 0.2) is 0 Å². The molecule has 0 unspecified atom stereocenters. The summed E-state index contributed by atoms with van der Waals surface area (Å²) in [6.45, 7) is 3.18. The number of ether oxygens (including phenoxy) is 1. The van der Waals surface area contributed by atoms with Gasteiger partial charge in [0.1, 0.15) is 17.3 Å². The summed E-state index contributed by atoms with van der Waals surface area (Å²) in [6, 6.07) is 9.55. The molecule has 0 amide bonds. The fourth-order valence-corrected chi connectivity index (χ4v) is 2.45. The first kappa shape index (κ1) is 15.1. The van der Waals surface area contributed by atoms with Crippen molar-refractivity contribution in [2.45, 2.75) is 19.2 Å². The number of halogens is 1. The molecule has 0 saturated carbocycles. The highest BCUT2D eigenvalue weighted by Crippen LogP contribution is 2.28. The largest absolute Gasteiger partial charge is 0.492 e. The van der Waals surface area contributed by atoms with Crippen molar-refractivity contribution in [1.29, 1.82) is 0 Å². The maximum Gasteiger partial charge on any atom is 0.142 e. The van der Waals surface area contributed by atoms with E-state index in [0.29, 0.717) is 18.2 Å². The molecule has 0 fully saturated rings. The van der Waals surface area contributed by atoms with E-state index in [0.717, 1.165) is 28.7 Å². The van der Waals surface area contributed by atoms with E-state index in [1.54, 1.807) is 11.8 Å². The molecule has 0 saturated heterocycles. The minimum absolute atomic E-state index is 0.606. The zero-order chi connectivity index (χ0) is 14.4. The first-order chi connectivity index (χ1) is 9.72. The van der Waals surface area contributed by atoms with E-state index in [2.05, 4.69) is 11.6 Å². The van der Waals surface area contributed by atoms with E-state index in [-0.39, 0.29) is 0 Å². The minimum Gasteiger partial charge on any atom is -0.492 e. The average Bonchev–Trinajstić information content (AvgIpc) is 2.87. The van der Waals surface area contributed by atoms with Crippen molar-refractivity contribution in [3.05, 3.63) is 46.9 Å². The van der Waals surface area contributed by atoms with E-state index < -0.39 is 0 Å². The van der Waals surface area contributed by atoms with Crippen LogP contribution in [0.15, 0.2) is 34.7 Å². The third-order valence-electron chi connectivity index (χ3n) is 2.70. The van der Waals surface area contributed by atoms with E-state index >= 15 is 0 Å². The van der Waals surface area contributed by atoms with Gasteiger partial charge in [-0.05, 0) is 43.5 Å². The van der Waals surface area contributed by atoms with E-state index in [4.69, 9.17) is 20.8 Å². The predicted molar refractivity (Wildman–Crippen MR) is 85.9 cm³/mol. The predicted octanol–water partition coefficient (Wildman–Crippen LogP) is 4.81. The van der Waals surface area contributed by atoms with Crippen molar-refractivity contribution < 1.29 is 9.15 Å². The van der Waals surface area contributed by atoms with Gasteiger partial charge in [0.25, 0.3) is 0 Å². The van der Waals surface area contributed by atoms with E-state index in [1.807, 2.05) is 37.3 Å². The zero-order valence-electron chi connectivity index (χ0n) is 11.6. The molecule has 0 aliphatic heterocycles. The standard InChI is InChI=1S/C15H18ClNO2S/c1-3-18-15-7-4-11(16)8-14(15)17-9-12-5-6-13(19-12)10-20-2/h4-8,17H,3,9-10H2,1-2H3. The Hall–Kier alpha value is -1.26. The molecule has 1 heterocycles. The van der Waals surface area contributed by atoms with Gasteiger partial charge in [0.2, 0.25) is 0 Å². The number of benzene rings is 1. The molecule has 0 radical (unpaired) electrons. The lowest BCUT2D eigenvalue weighted by atomic mass is 10.3. The normalized spacial score (nSPS) is 10.6. The van der Waals surface area contributed by atoms with Gasteiger partial charge in [-0.1, -0.05) is 11.6 Å². The molecule has 2 aromatic rings. The molecule has 3 nitrogen and oxygen atoms in total. The quantitative estimate of drug-likeness (QED) is 0.796. The van der Waals surface area contributed by atoms with Crippen molar-refractivity contribution in [3.8, 4) is 5.75 Å². The van der Waals surface area contributed by atoms with Gasteiger partial charge in [-0.25, -0.2) is 0 Å². The Morgan fingerprint density at radius 2 is 2.05 bits per heavy atom. The number of rotatable bonds is 7. The van der Waals surface area contributed by atoms with Crippen molar-refractivity contribution in [2.75, 3.05) is 18.2 Å². The Morgan fingerprint density at radius 3 is 2.80 bits per heavy atom. The lowest BCUT2D eigenvalue weighted by Crippen LogP contribution is -2.02. The van der Waals surface area contributed by atoms with Gasteiger partial charge in [-0.3, -0.25) is 0 Å². The number of thioether (sulfide) groups is 1. The molecule has 0 aliphatic rings. The van der Waals surface area contributed by atoms with Crippen LogP contribution in [0.3, 0.4) is 0 Å². The summed E-state index contributed by atoms with van der Waals surface area (Å²) in [5.41, 5.74) is 0.877. The number of nitrogens with one attached hydrogen (secondary N) is 1. The molecule has 0 atom stereocenters. The molecule has 1 aromatic carbocycles. The van der Waals surface area contributed by atoms with Crippen LogP contribution in [0.4, 0.5) is 5.69 Å². The van der Waals surface area contributed by atoms with Crippen molar-refractivity contribution in [1.82, 2.24) is 0 Å². The lowest BCUT2D eigenvalue weighted by Gasteiger charge is -2.11. The molecule has 108 valence electrons. The van der Waals surface area contributed by atoms with Crippen LogP contribution in [0.1, 0.15) is 18.4 Å². The summed E-state index contributed by atoms with van der Waals surface area (Å²) >= 11 is 7.76. The maximum atomic E-state index is 6.02. The summed E-state index contributed by atoms with van der Waals surface area (Å²) in [5, 5.41) is 3.98. The van der Waals surface area contributed by atoms with Crippen LogP contribution >= 0.6 is 23.4 Å². The molecule has 20 heavy (non-hydrogen) atoms. The van der Waals surface area contributed by atoms with Gasteiger partial charge in [0, 0.05) is 5.02 Å². The van der Waals surface area contributed by atoms with Crippen molar-refractivity contribution in [3.63, 3.8) is 0 Å². The monoisotopic (exact) mass is 311 g/mol. The van der Waals surface area contributed by atoms with Crippen LogP contribution in [0, 0.1) is 0 Å². The Balaban J connectivity index is 2.03. The maximum absolute atomic E-state index is 6.02. The minimum atomic E-state index is 0.606. The van der Waals surface area contributed by atoms with Crippen LogP contribution in [0.5, 0.6) is 5.75 Å². The van der Waals surface area contributed by atoms with Crippen molar-refractivity contribution >= 4 is 29.1 Å². The molecule has 0 bridgehead atoms. The Morgan fingerprint density at radius 1 is 1.25 bits per heavy atom. The number of furan rings is 1. The smallest absolute Gasteiger partial charge is 0.142 e. The van der Waals surface area contributed by atoms with Crippen LogP contribution in [-0.4, -0.2) is 12.9 Å². The van der Waals surface area contributed by atoms with E-state index in [1.165, 1.54) is 0 Å². The van der Waals surface area contributed by atoms with Crippen LogP contribution in [-0.2, 0) is 12.3 Å². The number of hydrogen-bond donors (Lipinski definition) is 1. The summed E-state index contributed by atoms with van der Waals surface area (Å²) in [7, 11) is 0. The molecule has 5 heteroatoms. The second kappa shape index (κ2) is 7.50. The first-order valence-corrected chi connectivity index (χ1v) is 8.23. The highest BCUT2D eigenvalue weighted by molar-refractivity contribution is 7.97. The Bertz CT molecular complexity index is 557. The van der Waals surface area contributed by atoms with Gasteiger partial charge < -0.3 is 14.5 Å². The molecule has 2 rings (SSSR count). The number of anilines is 1.